The van der Waals surface area contributed by atoms with Gasteiger partial charge in [0.15, 0.2) is 9.84 Å². The number of anilines is 2. The molecule has 1 aliphatic rings. The van der Waals surface area contributed by atoms with E-state index < -0.39 is 9.84 Å². The van der Waals surface area contributed by atoms with Gasteiger partial charge in [-0.15, -0.1) is 0 Å². The average molecular weight is 470 g/mol. The molecule has 1 aliphatic heterocycles. The molecule has 1 atom stereocenters. The number of nitrogens with one attached hydrogen (secondary N) is 1. The van der Waals surface area contributed by atoms with Crippen LogP contribution in [0, 0.1) is 3.57 Å². The second-order valence-electron chi connectivity index (χ2n) is 5.99. The highest BCUT2D eigenvalue weighted by Crippen LogP contribution is 2.25. The SMILES string of the molecule is O=C(CNc1ccccc1I)N(c1ccccc1)C1CCS(=O)(=O)C1. The van der Waals surface area contributed by atoms with Gasteiger partial charge in [-0.05, 0) is 53.3 Å². The Kier molecular flexibility index (Phi) is 5.63. The minimum Gasteiger partial charge on any atom is -0.375 e. The van der Waals surface area contributed by atoms with Crippen molar-refractivity contribution in [2.75, 3.05) is 28.3 Å². The van der Waals surface area contributed by atoms with Crippen molar-refractivity contribution in [1.29, 1.82) is 0 Å². The first-order valence-corrected chi connectivity index (χ1v) is 10.9. The van der Waals surface area contributed by atoms with E-state index in [-0.39, 0.29) is 30.0 Å². The molecule has 5 nitrogen and oxygen atoms in total. The van der Waals surface area contributed by atoms with Gasteiger partial charge in [-0.3, -0.25) is 4.79 Å². The zero-order valence-electron chi connectivity index (χ0n) is 13.6. The van der Waals surface area contributed by atoms with Gasteiger partial charge < -0.3 is 10.2 Å². The Bertz CT molecular complexity index is 856. The minimum atomic E-state index is -3.07. The summed E-state index contributed by atoms with van der Waals surface area (Å²) in [5.41, 5.74) is 1.63. The maximum absolute atomic E-state index is 12.9. The monoisotopic (exact) mass is 470 g/mol. The Hall–Kier alpha value is -1.61. The topological polar surface area (TPSA) is 66.5 Å². The third-order valence-corrected chi connectivity index (χ3v) is 6.87. The molecule has 0 bridgehead atoms. The number of halogens is 1. The summed E-state index contributed by atoms with van der Waals surface area (Å²) in [5.74, 6) is 0.0300. The van der Waals surface area contributed by atoms with E-state index in [1.807, 2.05) is 54.6 Å². The maximum Gasteiger partial charge on any atom is 0.246 e. The molecule has 1 fully saturated rings. The lowest BCUT2D eigenvalue weighted by atomic mass is 10.1. The van der Waals surface area contributed by atoms with E-state index in [4.69, 9.17) is 0 Å². The smallest absolute Gasteiger partial charge is 0.246 e. The van der Waals surface area contributed by atoms with Gasteiger partial charge in [-0.1, -0.05) is 30.3 Å². The summed E-state index contributed by atoms with van der Waals surface area (Å²) in [4.78, 5) is 14.5. The van der Waals surface area contributed by atoms with Crippen LogP contribution in [0.5, 0.6) is 0 Å². The van der Waals surface area contributed by atoms with E-state index in [0.717, 1.165) is 14.9 Å². The van der Waals surface area contributed by atoms with Crippen molar-refractivity contribution in [2.24, 2.45) is 0 Å². The molecule has 2 aromatic carbocycles. The molecular formula is C18H19IN2O3S. The van der Waals surface area contributed by atoms with Gasteiger partial charge >= 0.3 is 0 Å². The second kappa shape index (κ2) is 7.74. The fourth-order valence-corrected chi connectivity index (χ4v) is 5.26. The van der Waals surface area contributed by atoms with Crippen LogP contribution < -0.4 is 10.2 Å². The summed E-state index contributed by atoms with van der Waals surface area (Å²) in [6.45, 7) is 0.117. The van der Waals surface area contributed by atoms with Crippen LogP contribution in [0.25, 0.3) is 0 Å². The van der Waals surface area contributed by atoms with Crippen LogP contribution >= 0.6 is 22.6 Å². The van der Waals surface area contributed by atoms with Crippen LogP contribution in [0.3, 0.4) is 0 Å². The largest absolute Gasteiger partial charge is 0.375 e. The second-order valence-corrected chi connectivity index (χ2v) is 9.38. The normalized spacial score (nSPS) is 18.7. The zero-order valence-corrected chi connectivity index (χ0v) is 16.5. The number of sulfone groups is 1. The first kappa shape index (κ1) is 18.2. The summed E-state index contributed by atoms with van der Waals surface area (Å²) in [6.07, 6.45) is 0.478. The van der Waals surface area contributed by atoms with Crippen molar-refractivity contribution >= 4 is 49.7 Å². The molecule has 0 radical (unpaired) electrons. The van der Waals surface area contributed by atoms with E-state index in [1.54, 1.807) is 4.90 Å². The molecule has 7 heteroatoms. The lowest BCUT2D eigenvalue weighted by Gasteiger charge is -2.28. The Balaban J connectivity index is 1.79. The zero-order chi connectivity index (χ0) is 17.9. The van der Waals surface area contributed by atoms with E-state index in [9.17, 15) is 13.2 Å². The lowest BCUT2D eigenvalue weighted by molar-refractivity contribution is -0.117. The Morgan fingerprint density at radius 3 is 2.44 bits per heavy atom. The van der Waals surface area contributed by atoms with Crippen LogP contribution in [0.1, 0.15) is 6.42 Å². The van der Waals surface area contributed by atoms with Crippen LogP contribution in [-0.2, 0) is 14.6 Å². The standard InChI is InChI=1S/C18H19IN2O3S/c19-16-8-4-5-9-17(16)20-12-18(22)21(14-6-2-1-3-7-14)15-10-11-25(23,24)13-15/h1-9,15,20H,10-13H2. The lowest BCUT2D eigenvalue weighted by Crippen LogP contribution is -2.44. The molecule has 1 heterocycles. The molecule has 25 heavy (non-hydrogen) atoms. The fraction of sp³-hybridized carbons (Fsp3) is 0.278. The number of rotatable bonds is 5. The van der Waals surface area contributed by atoms with Gasteiger partial charge in [0.1, 0.15) is 0 Å². The number of hydrogen-bond acceptors (Lipinski definition) is 4. The summed E-state index contributed by atoms with van der Waals surface area (Å²) < 4.78 is 24.8. The molecule has 1 unspecified atom stereocenters. The van der Waals surface area contributed by atoms with E-state index in [0.29, 0.717) is 6.42 Å². The quantitative estimate of drug-likeness (QED) is 0.683. The predicted molar refractivity (Wildman–Crippen MR) is 109 cm³/mol. The van der Waals surface area contributed by atoms with Gasteiger partial charge in [-0.25, -0.2) is 8.42 Å². The number of carbonyl (C=O) groups excluding carboxylic acids is 1. The highest BCUT2D eigenvalue weighted by molar-refractivity contribution is 14.1. The van der Waals surface area contributed by atoms with Crippen molar-refractivity contribution in [3.8, 4) is 0 Å². The van der Waals surface area contributed by atoms with Crippen molar-refractivity contribution < 1.29 is 13.2 Å². The number of amides is 1. The van der Waals surface area contributed by atoms with Crippen molar-refractivity contribution in [3.05, 3.63) is 58.2 Å². The van der Waals surface area contributed by atoms with E-state index in [2.05, 4.69) is 27.9 Å². The fourth-order valence-electron chi connectivity index (χ4n) is 2.99. The molecule has 0 spiro atoms. The van der Waals surface area contributed by atoms with Gasteiger partial charge in [0.2, 0.25) is 5.91 Å². The van der Waals surface area contributed by atoms with Crippen LogP contribution in [0.2, 0.25) is 0 Å². The summed E-state index contributed by atoms with van der Waals surface area (Å²) in [7, 11) is -3.07. The summed E-state index contributed by atoms with van der Waals surface area (Å²) in [5, 5.41) is 3.16. The van der Waals surface area contributed by atoms with Gasteiger partial charge in [0.25, 0.3) is 0 Å². The number of para-hydroxylation sites is 2. The molecular weight excluding hydrogens is 451 g/mol. The van der Waals surface area contributed by atoms with E-state index >= 15 is 0 Å². The molecule has 0 saturated carbocycles. The summed E-state index contributed by atoms with van der Waals surface area (Å²) in [6, 6.07) is 16.7. The van der Waals surface area contributed by atoms with E-state index in [1.165, 1.54) is 0 Å². The number of benzene rings is 2. The molecule has 1 amide bonds. The highest BCUT2D eigenvalue weighted by atomic mass is 127. The van der Waals surface area contributed by atoms with Gasteiger partial charge in [0, 0.05) is 14.9 Å². The third-order valence-electron chi connectivity index (χ3n) is 4.18. The summed E-state index contributed by atoms with van der Waals surface area (Å²) >= 11 is 2.21. The maximum atomic E-state index is 12.9. The average Bonchev–Trinajstić information content (AvgIpc) is 2.95. The van der Waals surface area contributed by atoms with Crippen LogP contribution in [0.15, 0.2) is 54.6 Å². The van der Waals surface area contributed by atoms with Crippen molar-refractivity contribution in [3.63, 3.8) is 0 Å². The number of carbonyl (C=O) groups is 1. The van der Waals surface area contributed by atoms with Crippen LogP contribution in [0.4, 0.5) is 11.4 Å². The first-order valence-electron chi connectivity index (χ1n) is 8.02. The van der Waals surface area contributed by atoms with Crippen molar-refractivity contribution in [1.82, 2.24) is 0 Å². The number of hydrogen-bond donors (Lipinski definition) is 1. The molecule has 2 aromatic rings. The van der Waals surface area contributed by atoms with Crippen molar-refractivity contribution in [2.45, 2.75) is 12.5 Å². The van der Waals surface area contributed by atoms with Gasteiger partial charge in [-0.2, -0.15) is 0 Å². The molecule has 1 N–H and O–H groups in total. The molecule has 132 valence electrons. The Morgan fingerprint density at radius 2 is 1.80 bits per heavy atom. The Morgan fingerprint density at radius 1 is 1.12 bits per heavy atom. The van der Waals surface area contributed by atoms with Gasteiger partial charge in [0.05, 0.1) is 24.1 Å². The highest BCUT2D eigenvalue weighted by Gasteiger charge is 2.35. The Labute approximate surface area is 161 Å². The predicted octanol–water partition coefficient (Wildman–Crippen LogP) is 2.92. The first-order chi connectivity index (χ1) is 12.0. The number of nitrogens with zero attached hydrogens (tertiary/aromatic N) is 1. The minimum absolute atomic E-state index is 0.0243. The molecule has 0 aromatic heterocycles. The third kappa shape index (κ3) is 4.52. The van der Waals surface area contributed by atoms with Crippen LogP contribution in [-0.4, -0.2) is 38.4 Å². The molecule has 3 rings (SSSR count). The molecule has 1 saturated heterocycles. The molecule has 0 aliphatic carbocycles.